The van der Waals surface area contributed by atoms with Gasteiger partial charge in [-0.1, -0.05) is 23.4 Å². The minimum absolute atomic E-state index is 0.123. The minimum atomic E-state index is -0.426. The number of ether oxygens (including phenoxy) is 1. The maximum absolute atomic E-state index is 13.0. The van der Waals surface area contributed by atoms with Crippen LogP contribution in [0.25, 0.3) is 11.4 Å². The van der Waals surface area contributed by atoms with Crippen molar-refractivity contribution in [1.29, 1.82) is 0 Å². The lowest BCUT2D eigenvalue weighted by Crippen LogP contribution is -2.13. The molecule has 2 aromatic carbocycles. The van der Waals surface area contributed by atoms with Crippen molar-refractivity contribution < 1.29 is 13.9 Å². The van der Waals surface area contributed by atoms with Gasteiger partial charge in [-0.2, -0.15) is 0 Å². The molecule has 8 heteroatoms. The van der Waals surface area contributed by atoms with E-state index in [4.69, 9.17) is 16.3 Å². The molecule has 1 N–H and O–H groups in total. The van der Waals surface area contributed by atoms with Gasteiger partial charge in [0.1, 0.15) is 11.6 Å². The summed E-state index contributed by atoms with van der Waals surface area (Å²) in [4.78, 5) is 16.8. The van der Waals surface area contributed by atoms with Gasteiger partial charge in [0.25, 0.3) is 0 Å². The van der Waals surface area contributed by atoms with E-state index in [9.17, 15) is 9.18 Å². The third-order valence-electron chi connectivity index (χ3n) is 3.66. The molecule has 3 aromatic rings. The molecule has 0 saturated carbocycles. The molecule has 0 aliphatic carbocycles. The van der Waals surface area contributed by atoms with Gasteiger partial charge in [0.05, 0.1) is 17.9 Å². The van der Waals surface area contributed by atoms with E-state index in [1.54, 1.807) is 32.2 Å². The maximum atomic E-state index is 13.0. The van der Waals surface area contributed by atoms with Crippen LogP contribution in [-0.4, -0.2) is 33.3 Å². The molecular formula is C18H15ClFN3O2S. The molecule has 0 aliphatic heterocycles. The van der Waals surface area contributed by atoms with E-state index in [1.807, 2.05) is 0 Å². The molecule has 0 spiro atoms. The zero-order valence-corrected chi connectivity index (χ0v) is 15.6. The maximum Gasteiger partial charge on any atom is 0.209 e. The second-order valence-corrected chi connectivity index (χ2v) is 7.19. The first kappa shape index (κ1) is 18.4. The molecular weight excluding hydrogens is 377 g/mol. The summed E-state index contributed by atoms with van der Waals surface area (Å²) in [7, 11) is 1.56. The van der Waals surface area contributed by atoms with Crippen LogP contribution >= 0.6 is 23.4 Å². The molecule has 0 fully saturated rings. The summed E-state index contributed by atoms with van der Waals surface area (Å²) in [5.74, 6) is 0.600. The van der Waals surface area contributed by atoms with Crippen LogP contribution < -0.4 is 4.74 Å². The van der Waals surface area contributed by atoms with Crippen molar-refractivity contribution in [3.63, 3.8) is 0 Å². The fourth-order valence-corrected chi connectivity index (χ4v) is 3.32. The highest BCUT2D eigenvalue weighted by atomic mass is 35.5. The molecule has 0 unspecified atom stereocenters. The quantitative estimate of drug-likeness (QED) is 0.490. The van der Waals surface area contributed by atoms with Crippen molar-refractivity contribution in [2.75, 3.05) is 7.11 Å². The molecule has 0 saturated heterocycles. The fraction of sp³-hybridized carbons (Fsp3) is 0.167. The first-order valence-electron chi connectivity index (χ1n) is 7.70. The summed E-state index contributed by atoms with van der Waals surface area (Å²) in [6.07, 6.45) is 0. The van der Waals surface area contributed by atoms with Crippen LogP contribution in [0.15, 0.2) is 47.6 Å². The van der Waals surface area contributed by atoms with Gasteiger partial charge in [0.15, 0.2) is 11.6 Å². The predicted octanol–water partition coefficient (Wildman–Crippen LogP) is 4.64. The molecule has 3 rings (SSSR count). The number of rotatable bonds is 6. The molecule has 0 aliphatic rings. The topological polar surface area (TPSA) is 67.9 Å². The van der Waals surface area contributed by atoms with Crippen LogP contribution in [0.1, 0.15) is 17.3 Å². The summed E-state index contributed by atoms with van der Waals surface area (Å²) in [6.45, 7) is 1.76. The monoisotopic (exact) mass is 391 g/mol. The highest BCUT2D eigenvalue weighted by Crippen LogP contribution is 2.32. The number of nitrogens with one attached hydrogen (secondary N) is 1. The fourth-order valence-electron chi connectivity index (χ4n) is 2.35. The smallest absolute Gasteiger partial charge is 0.209 e. The Morgan fingerprint density at radius 2 is 2.00 bits per heavy atom. The Balaban J connectivity index is 1.77. The van der Waals surface area contributed by atoms with Crippen molar-refractivity contribution in [2.45, 2.75) is 17.3 Å². The molecule has 1 aromatic heterocycles. The minimum Gasteiger partial charge on any atom is -0.496 e. The van der Waals surface area contributed by atoms with Crippen molar-refractivity contribution >= 4 is 29.1 Å². The number of thioether (sulfide) groups is 1. The predicted molar refractivity (Wildman–Crippen MR) is 99.4 cm³/mol. The summed E-state index contributed by atoms with van der Waals surface area (Å²) in [6, 6.07) is 10.7. The lowest BCUT2D eigenvalue weighted by atomic mass is 10.1. The number of Topliss-reactive ketones (excluding diaryl/α,β-unsaturated/α-hetero) is 1. The number of aromatic nitrogens is 3. The van der Waals surface area contributed by atoms with Gasteiger partial charge in [0, 0.05) is 10.6 Å². The van der Waals surface area contributed by atoms with Crippen molar-refractivity contribution in [3.05, 3.63) is 58.9 Å². The Morgan fingerprint density at radius 3 is 2.69 bits per heavy atom. The van der Waals surface area contributed by atoms with E-state index >= 15 is 0 Å². The van der Waals surface area contributed by atoms with Gasteiger partial charge in [-0.25, -0.2) is 9.37 Å². The number of methoxy groups -OCH3 is 1. The number of nitrogens with zero attached hydrogens (tertiary/aromatic N) is 2. The van der Waals surface area contributed by atoms with Crippen LogP contribution in [0, 0.1) is 5.82 Å². The van der Waals surface area contributed by atoms with Crippen LogP contribution in [0.4, 0.5) is 4.39 Å². The molecule has 1 atom stereocenters. The van der Waals surface area contributed by atoms with E-state index in [-0.39, 0.29) is 11.6 Å². The van der Waals surface area contributed by atoms with Gasteiger partial charge >= 0.3 is 0 Å². The Bertz CT molecular complexity index is 930. The summed E-state index contributed by atoms with van der Waals surface area (Å²) in [5.41, 5.74) is 1.12. The largest absolute Gasteiger partial charge is 0.496 e. The number of H-pyrrole nitrogens is 1. The molecule has 5 nitrogen and oxygen atoms in total. The number of ketones is 1. The highest BCUT2D eigenvalue weighted by Gasteiger charge is 2.20. The van der Waals surface area contributed by atoms with Crippen LogP contribution in [-0.2, 0) is 0 Å². The molecule has 0 radical (unpaired) electrons. The van der Waals surface area contributed by atoms with Gasteiger partial charge in [-0.3, -0.25) is 9.89 Å². The number of benzene rings is 2. The molecule has 1 heterocycles. The number of aromatic amines is 1. The second kappa shape index (κ2) is 7.88. The number of carbonyl (C=O) groups is 1. The molecule has 26 heavy (non-hydrogen) atoms. The third kappa shape index (κ3) is 4.05. The van der Waals surface area contributed by atoms with Crippen LogP contribution in [0.3, 0.4) is 0 Å². The number of hydrogen-bond donors (Lipinski definition) is 1. The SMILES string of the molecule is COc1ccc(Cl)cc1-c1nc(S[C@@H](C)C(=O)c2ccc(F)cc2)n[nH]1. The van der Waals surface area contributed by atoms with E-state index in [1.165, 1.54) is 36.0 Å². The lowest BCUT2D eigenvalue weighted by Gasteiger charge is -2.07. The van der Waals surface area contributed by atoms with E-state index in [0.717, 1.165) is 0 Å². The van der Waals surface area contributed by atoms with Crippen molar-refractivity contribution in [1.82, 2.24) is 15.2 Å². The zero-order valence-electron chi connectivity index (χ0n) is 14.0. The molecule has 0 bridgehead atoms. The second-order valence-electron chi connectivity index (χ2n) is 5.44. The Labute approximate surface area is 158 Å². The lowest BCUT2D eigenvalue weighted by molar-refractivity contribution is 0.0994. The standard InChI is InChI=1S/C18H15ClFN3O2S/c1-10(16(24)11-3-6-13(20)7-4-11)26-18-21-17(22-23-18)14-9-12(19)5-8-15(14)25-2/h3-10H,1-2H3,(H,21,22,23)/t10-/m0/s1. The molecule has 134 valence electrons. The van der Waals surface area contributed by atoms with E-state index < -0.39 is 5.25 Å². The summed E-state index contributed by atoms with van der Waals surface area (Å²) >= 11 is 7.25. The normalized spacial score (nSPS) is 12.0. The van der Waals surface area contributed by atoms with Gasteiger partial charge < -0.3 is 4.74 Å². The number of hydrogen-bond acceptors (Lipinski definition) is 5. The molecule has 0 amide bonds. The van der Waals surface area contributed by atoms with Gasteiger partial charge in [-0.05, 0) is 49.4 Å². The third-order valence-corrected chi connectivity index (χ3v) is 4.86. The van der Waals surface area contributed by atoms with Crippen molar-refractivity contribution in [3.8, 4) is 17.1 Å². The Hall–Kier alpha value is -2.38. The van der Waals surface area contributed by atoms with Crippen molar-refractivity contribution in [2.24, 2.45) is 0 Å². The first-order chi connectivity index (χ1) is 12.5. The first-order valence-corrected chi connectivity index (χ1v) is 8.96. The highest BCUT2D eigenvalue weighted by molar-refractivity contribution is 8.00. The average Bonchev–Trinajstić information content (AvgIpc) is 3.10. The Morgan fingerprint density at radius 1 is 1.27 bits per heavy atom. The van der Waals surface area contributed by atoms with Gasteiger partial charge in [0.2, 0.25) is 5.16 Å². The van der Waals surface area contributed by atoms with E-state index in [0.29, 0.717) is 32.9 Å². The summed E-state index contributed by atoms with van der Waals surface area (Å²) in [5, 5.41) is 7.52. The van der Waals surface area contributed by atoms with E-state index in [2.05, 4.69) is 15.2 Å². The Kier molecular flexibility index (Phi) is 5.58. The zero-order chi connectivity index (χ0) is 18.7. The van der Waals surface area contributed by atoms with Crippen LogP contribution in [0.5, 0.6) is 5.75 Å². The van der Waals surface area contributed by atoms with Gasteiger partial charge in [-0.15, -0.1) is 5.10 Å². The number of halogens is 2. The number of carbonyl (C=O) groups excluding carboxylic acids is 1. The summed E-state index contributed by atoms with van der Waals surface area (Å²) < 4.78 is 18.3. The van der Waals surface area contributed by atoms with Crippen LogP contribution in [0.2, 0.25) is 5.02 Å². The average molecular weight is 392 g/mol.